The number of sulfonamides is 2. The number of amides is 1. The summed E-state index contributed by atoms with van der Waals surface area (Å²) >= 11 is 0. The molecule has 0 bridgehead atoms. The number of halogens is 2. The Labute approximate surface area is 185 Å². The number of carbonyl (C=O) groups excluding carboxylic acids is 1. The van der Waals surface area contributed by atoms with Crippen molar-refractivity contribution in [2.24, 2.45) is 0 Å². The van der Waals surface area contributed by atoms with E-state index in [2.05, 4.69) is 10.0 Å². The van der Waals surface area contributed by atoms with E-state index in [0.29, 0.717) is 10.4 Å². The maximum absolute atomic E-state index is 13.6. The molecule has 0 aliphatic carbocycles. The number of carbonyl (C=O) groups is 1. The minimum absolute atomic E-state index is 0.0251. The summed E-state index contributed by atoms with van der Waals surface area (Å²) in [6.45, 7) is 2.50. The van der Waals surface area contributed by atoms with Crippen LogP contribution in [0.1, 0.15) is 13.8 Å². The molecule has 0 radical (unpaired) electrons. The Kier molecular flexibility index (Phi) is 7.80. The van der Waals surface area contributed by atoms with E-state index in [1.165, 1.54) is 19.2 Å². The maximum atomic E-state index is 13.6. The highest BCUT2D eigenvalue weighted by Crippen LogP contribution is 2.28. The monoisotopic (exact) mass is 491 g/mol. The zero-order valence-electron chi connectivity index (χ0n) is 17.7. The Morgan fingerprint density at radius 2 is 1.72 bits per heavy atom. The van der Waals surface area contributed by atoms with Gasteiger partial charge >= 0.3 is 0 Å². The fourth-order valence-electron chi connectivity index (χ4n) is 2.69. The number of nitrogens with one attached hydrogen (secondary N) is 2. The number of hydrogen-bond acceptors (Lipinski definition) is 6. The Morgan fingerprint density at radius 1 is 1.06 bits per heavy atom. The van der Waals surface area contributed by atoms with Crippen LogP contribution < -0.4 is 19.1 Å². The molecule has 0 unspecified atom stereocenters. The Bertz CT molecular complexity index is 1220. The largest absolute Gasteiger partial charge is 0.495 e. The fourth-order valence-corrected chi connectivity index (χ4v) is 4.82. The first kappa shape index (κ1) is 25.5. The molecule has 13 heteroatoms. The van der Waals surface area contributed by atoms with E-state index >= 15 is 0 Å². The normalized spacial score (nSPS) is 12.0. The number of anilines is 2. The average molecular weight is 492 g/mol. The Hall–Kier alpha value is -2.77. The van der Waals surface area contributed by atoms with Gasteiger partial charge in [0.05, 0.1) is 29.6 Å². The standard InChI is InChI=1S/C19H23F2N3O6S2/c1-12(2)23-32(28,29)14-6-8-18(30-3)17(10-14)22-19(25)11-24(31(4,26)27)13-5-7-15(20)16(21)9-13/h5-10,12,23H,11H2,1-4H3,(H,22,25). The molecule has 0 aliphatic heterocycles. The lowest BCUT2D eigenvalue weighted by Gasteiger charge is -2.22. The number of benzene rings is 2. The fraction of sp³-hybridized carbons (Fsp3) is 0.316. The van der Waals surface area contributed by atoms with Gasteiger partial charge in [0.2, 0.25) is 26.0 Å². The molecule has 0 heterocycles. The Balaban J connectivity index is 2.35. The van der Waals surface area contributed by atoms with Gasteiger partial charge in [-0.2, -0.15) is 0 Å². The van der Waals surface area contributed by atoms with Gasteiger partial charge in [-0.25, -0.2) is 30.3 Å². The first-order chi connectivity index (χ1) is 14.7. The third kappa shape index (κ3) is 6.37. The van der Waals surface area contributed by atoms with Crippen molar-refractivity contribution in [3.8, 4) is 5.75 Å². The number of hydrogen-bond donors (Lipinski definition) is 2. The van der Waals surface area contributed by atoms with Gasteiger partial charge in [-0.05, 0) is 44.2 Å². The molecule has 1 amide bonds. The van der Waals surface area contributed by atoms with Gasteiger partial charge in [-0.1, -0.05) is 0 Å². The SMILES string of the molecule is COc1ccc(S(=O)(=O)NC(C)C)cc1NC(=O)CN(c1ccc(F)c(F)c1)S(C)(=O)=O. The predicted molar refractivity (Wildman–Crippen MR) is 116 cm³/mol. The molecule has 2 aromatic carbocycles. The number of rotatable bonds is 9. The first-order valence-corrected chi connectivity index (χ1v) is 12.5. The van der Waals surface area contributed by atoms with Crippen LogP contribution in [0.4, 0.5) is 20.2 Å². The van der Waals surface area contributed by atoms with Crippen molar-refractivity contribution in [1.29, 1.82) is 0 Å². The van der Waals surface area contributed by atoms with Gasteiger partial charge in [0.1, 0.15) is 12.3 Å². The predicted octanol–water partition coefficient (Wildman–Crippen LogP) is 2.06. The molecular formula is C19H23F2N3O6S2. The molecular weight excluding hydrogens is 468 g/mol. The molecule has 0 fully saturated rings. The van der Waals surface area contributed by atoms with E-state index in [1.807, 2.05) is 0 Å². The molecule has 0 saturated carbocycles. The number of nitrogens with zero attached hydrogens (tertiary/aromatic N) is 1. The van der Waals surface area contributed by atoms with Crippen LogP contribution in [0.15, 0.2) is 41.3 Å². The zero-order chi connectivity index (χ0) is 24.3. The lowest BCUT2D eigenvalue weighted by molar-refractivity contribution is -0.114. The summed E-state index contributed by atoms with van der Waals surface area (Å²) < 4.78 is 84.0. The van der Waals surface area contributed by atoms with Gasteiger partial charge in [-0.3, -0.25) is 9.10 Å². The molecule has 0 aromatic heterocycles. The lowest BCUT2D eigenvalue weighted by atomic mass is 10.2. The van der Waals surface area contributed by atoms with E-state index in [9.17, 15) is 30.4 Å². The van der Waals surface area contributed by atoms with Gasteiger partial charge in [0.15, 0.2) is 11.6 Å². The highest BCUT2D eigenvalue weighted by atomic mass is 32.2. The molecule has 0 aliphatic rings. The molecule has 0 saturated heterocycles. The van der Waals surface area contributed by atoms with Crippen molar-refractivity contribution >= 4 is 37.3 Å². The highest BCUT2D eigenvalue weighted by Gasteiger charge is 2.24. The molecule has 0 spiro atoms. The second-order valence-electron chi connectivity index (χ2n) is 7.05. The molecule has 176 valence electrons. The van der Waals surface area contributed by atoms with Gasteiger partial charge in [-0.15, -0.1) is 0 Å². The smallest absolute Gasteiger partial charge is 0.245 e. The summed E-state index contributed by atoms with van der Waals surface area (Å²) in [7, 11) is -6.63. The van der Waals surface area contributed by atoms with Gasteiger partial charge < -0.3 is 10.1 Å². The van der Waals surface area contributed by atoms with E-state index in [-0.39, 0.29) is 28.1 Å². The van der Waals surface area contributed by atoms with Crippen molar-refractivity contribution in [2.75, 3.05) is 29.5 Å². The third-order valence-electron chi connectivity index (χ3n) is 4.02. The number of methoxy groups -OCH3 is 1. The maximum Gasteiger partial charge on any atom is 0.245 e. The topological polar surface area (TPSA) is 122 Å². The highest BCUT2D eigenvalue weighted by molar-refractivity contribution is 7.92. The summed E-state index contributed by atoms with van der Waals surface area (Å²) in [5.41, 5.74) is -0.283. The molecule has 9 nitrogen and oxygen atoms in total. The van der Waals surface area contributed by atoms with Crippen LogP contribution in [0.5, 0.6) is 5.75 Å². The van der Waals surface area contributed by atoms with Crippen molar-refractivity contribution in [3.63, 3.8) is 0 Å². The Morgan fingerprint density at radius 3 is 2.25 bits per heavy atom. The van der Waals surface area contributed by atoms with E-state index in [0.717, 1.165) is 24.5 Å². The molecule has 2 rings (SSSR count). The van der Waals surface area contributed by atoms with E-state index in [4.69, 9.17) is 4.74 Å². The molecule has 2 N–H and O–H groups in total. The third-order valence-corrected chi connectivity index (χ3v) is 6.82. The molecule has 32 heavy (non-hydrogen) atoms. The minimum Gasteiger partial charge on any atom is -0.495 e. The van der Waals surface area contributed by atoms with Crippen molar-refractivity contribution in [3.05, 3.63) is 48.0 Å². The summed E-state index contributed by atoms with van der Waals surface area (Å²) in [5, 5.41) is 2.40. The van der Waals surface area contributed by atoms with E-state index < -0.39 is 44.1 Å². The molecule has 0 atom stereocenters. The van der Waals surface area contributed by atoms with Crippen LogP contribution in [0.25, 0.3) is 0 Å². The van der Waals surface area contributed by atoms with Crippen LogP contribution in [0.3, 0.4) is 0 Å². The van der Waals surface area contributed by atoms with Crippen molar-refractivity contribution in [2.45, 2.75) is 24.8 Å². The summed E-state index contributed by atoms with van der Waals surface area (Å²) in [5.74, 6) is -3.20. The van der Waals surface area contributed by atoms with Crippen LogP contribution in [0, 0.1) is 11.6 Å². The second-order valence-corrected chi connectivity index (χ2v) is 10.7. The zero-order valence-corrected chi connectivity index (χ0v) is 19.4. The lowest BCUT2D eigenvalue weighted by Crippen LogP contribution is -2.37. The molecule has 2 aromatic rings. The summed E-state index contributed by atoms with van der Waals surface area (Å²) in [4.78, 5) is 12.4. The van der Waals surface area contributed by atoms with Crippen molar-refractivity contribution in [1.82, 2.24) is 4.72 Å². The average Bonchev–Trinajstić information content (AvgIpc) is 2.66. The van der Waals surface area contributed by atoms with Gasteiger partial charge in [0.25, 0.3) is 0 Å². The first-order valence-electron chi connectivity index (χ1n) is 9.17. The van der Waals surface area contributed by atoms with Crippen LogP contribution in [-0.4, -0.2) is 48.7 Å². The van der Waals surface area contributed by atoms with Crippen LogP contribution >= 0.6 is 0 Å². The van der Waals surface area contributed by atoms with E-state index in [1.54, 1.807) is 13.8 Å². The number of ether oxygens (including phenoxy) is 1. The summed E-state index contributed by atoms with van der Waals surface area (Å²) in [6.07, 6.45) is 0.799. The van der Waals surface area contributed by atoms with Crippen LogP contribution in [-0.2, 0) is 24.8 Å². The summed E-state index contributed by atoms with van der Waals surface area (Å²) in [6, 6.07) is 5.79. The van der Waals surface area contributed by atoms with Crippen molar-refractivity contribution < 1.29 is 35.1 Å². The van der Waals surface area contributed by atoms with Crippen LogP contribution in [0.2, 0.25) is 0 Å². The quantitative estimate of drug-likeness (QED) is 0.554. The second kappa shape index (κ2) is 9.79. The van der Waals surface area contributed by atoms with Gasteiger partial charge in [0, 0.05) is 12.1 Å². The minimum atomic E-state index is -4.05.